The molecule has 0 heterocycles. The van der Waals surface area contributed by atoms with Crippen molar-refractivity contribution >= 4 is 17.7 Å². The molecule has 2 rings (SSSR count). The fourth-order valence-corrected chi connectivity index (χ4v) is 1.99. The highest BCUT2D eigenvalue weighted by Gasteiger charge is 2.27. The number of nitrogens with two attached hydrogens (primary N) is 1. The first-order valence-corrected chi connectivity index (χ1v) is 6.46. The minimum absolute atomic E-state index is 0.0371. The molecule has 3 N–H and O–H groups in total. The molecule has 1 aliphatic carbocycles. The van der Waals surface area contributed by atoms with Crippen molar-refractivity contribution in [2.75, 3.05) is 12.3 Å². The van der Waals surface area contributed by atoms with Crippen molar-refractivity contribution in [2.24, 2.45) is 11.8 Å². The SMILES string of the molecule is CC(CNC(=O)/C=C/c1cccc(N)c1)C1CC1. The van der Waals surface area contributed by atoms with Gasteiger partial charge in [-0.25, -0.2) is 0 Å². The number of hydrogen-bond acceptors (Lipinski definition) is 2. The molecule has 3 heteroatoms. The van der Waals surface area contributed by atoms with Crippen molar-refractivity contribution in [1.82, 2.24) is 5.32 Å². The van der Waals surface area contributed by atoms with E-state index in [2.05, 4.69) is 12.2 Å². The van der Waals surface area contributed by atoms with Gasteiger partial charge in [-0.1, -0.05) is 19.1 Å². The van der Waals surface area contributed by atoms with Gasteiger partial charge in [0.25, 0.3) is 0 Å². The normalized spacial score (nSPS) is 16.7. The number of rotatable bonds is 5. The summed E-state index contributed by atoms with van der Waals surface area (Å²) in [5, 5.41) is 2.93. The van der Waals surface area contributed by atoms with Crippen LogP contribution in [0, 0.1) is 11.8 Å². The van der Waals surface area contributed by atoms with Crippen molar-refractivity contribution < 1.29 is 4.79 Å². The van der Waals surface area contributed by atoms with E-state index in [1.54, 1.807) is 12.2 Å². The van der Waals surface area contributed by atoms with Crippen molar-refractivity contribution in [3.63, 3.8) is 0 Å². The maximum Gasteiger partial charge on any atom is 0.244 e. The third-order valence-electron chi connectivity index (χ3n) is 3.36. The second-order valence-corrected chi connectivity index (χ2v) is 5.06. The van der Waals surface area contributed by atoms with Crippen LogP contribution in [0.3, 0.4) is 0 Å². The van der Waals surface area contributed by atoms with Crippen LogP contribution in [0.4, 0.5) is 5.69 Å². The Morgan fingerprint density at radius 3 is 3.00 bits per heavy atom. The van der Waals surface area contributed by atoms with Gasteiger partial charge in [0.15, 0.2) is 0 Å². The number of carbonyl (C=O) groups excluding carboxylic acids is 1. The van der Waals surface area contributed by atoms with Crippen LogP contribution >= 0.6 is 0 Å². The van der Waals surface area contributed by atoms with Gasteiger partial charge in [-0.3, -0.25) is 4.79 Å². The molecule has 18 heavy (non-hydrogen) atoms. The molecule has 1 saturated carbocycles. The molecular weight excluding hydrogens is 224 g/mol. The lowest BCUT2D eigenvalue weighted by Crippen LogP contribution is -2.27. The lowest BCUT2D eigenvalue weighted by atomic mass is 10.1. The van der Waals surface area contributed by atoms with Crippen LogP contribution in [0.1, 0.15) is 25.3 Å². The number of nitrogen functional groups attached to an aromatic ring is 1. The number of anilines is 1. The summed E-state index contributed by atoms with van der Waals surface area (Å²) >= 11 is 0. The van der Waals surface area contributed by atoms with E-state index in [1.165, 1.54) is 12.8 Å². The van der Waals surface area contributed by atoms with E-state index >= 15 is 0 Å². The first-order valence-electron chi connectivity index (χ1n) is 6.46. The number of hydrogen-bond donors (Lipinski definition) is 2. The van der Waals surface area contributed by atoms with E-state index in [9.17, 15) is 4.79 Å². The molecular formula is C15H20N2O. The molecule has 0 aromatic heterocycles. The first-order chi connectivity index (χ1) is 8.65. The summed E-state index contributed by atoms with van der Waals surface area (Å²) in [6.07, 6.45) is 5.98. The van der Waals surface area contributed by atoms with Gasteiger partial charge in [0.2, 0.25) is 5.91 Å². The van der Waals surface area contributed by atoms with Crippen LogP contribution in [-0.4, -0.2) is 12.5 Å². The number of carbonyl (C=O) groups is 1. The molecule has 1 fully saturated rings. The quantitative estimate of drug-likeness (QED) is 0.617. The Balaban J connectivity index is 1.79. The van der Waals surface area contributed by atoms with Crippen molar-refractivity contribution in [2.45, 2.75) is 19.8 Å². The highest BCUT2D eigenvalue weighted by atomic mass is 16.1. The monoisotopic (exact) mass is 244 g/mol. The predicted molar refractivity (Wildman–Crippen MR) is 74.8 cm³/mol. The van der Waals surface area contributed by atoms with E-state index in [4.69, 9.17) is 5.73 Å². The van der Waals surface area contributed by atoms with Crippen LogP contribution in [-0.2, 0) is 4.79 Å². The first kappa shape index (κ1) is 12.7. The van der Waals surface area contributed by atoms with Crippen LogP contribution in [0.25, 0.3) is 6.08 Å². The van der Waals surface area contributed by atoms with E-state index in [0.29, 0.717) is 11.6 Å². The maximum absolute atomic E-state index is 11.6. The topological polar surface area (TPSA) is 55.1 Å². The lowest BCUT2D eigenvalue weighted by molar-refractivity contribution is -0.116. The van der Waals surface area contributed by atoms with Gasteiger partial charge >= 0.3 is 0 Å². The average Bonchev–Trinajstić information content (AvgIpc) is 3.17. The number of benzene rings is 1. The highest BCUT2D eigenvalue weighted by molar-refractivity contribution is 5.91. The van der Waals surface area contributed by atoms with Gasteiger partial charge in [0, 0.05) is 18.3 Å². The molecule has 0 saturated heterocycles. The lowest BCUT2D eigenvalue weighted by Gasteiger charge is -2.09. The second-order valence-electron chi connectivity index (χ2n) is 5.06. The zero-order chi connectivity index (χ0) is 13.0. The Kier molecular flexibility index (Phi) is 4.03. The summed E-state index contributed by atoms with van der Waals surface area (Å²) in [5.74, 6) is 1.38. The molecule has 1 amide bonds. The summed E-state index contributed by atoms with van der Waals surface area (Å²) in [4.78, 5) is 11.6. The molecule has 1 atom stereocenters. The number of amides is 1. The summed E-state index contributed by atoms with van der Waals surface area (Å²) in [5.41, 5.74) is 7.32. The zero-order valence-corrected chi connectivity index (χ0v) is 10.7. The van der Waals surface area contributed by atoms with Crippen molar-refractivity contribution in [3.05, 3.63) is 35.9 Å². The molecule has 0 bridgehead atoms. The Morgan fingerprint density at radius 1 is 1.56 bits per heavy atom. The van der Waals surface area contributed by atoms with Crippen molar-refractivity contribution in [1.29, 1.82) is 0 Å². The van der Waals surface area contributed by atoms with Crippen LogP contribution in [0.15, 0.2) is 30.3 Å². The summed E-state index contributed by atoms with van der Waals surface area (Å²) in [6, 6.07) is 7.47. The molecule has 1 unspecified atom stereocenters. The average molecular weight is 244 g/mol. The van der Waals surface area contributed by atoms with Gasteiger partial charge in [-0.2, -0.15) is 0 Å². The van der Waals surface area contributed by atoms with E-state index in [-0.39, 0.29) is 5.91 Å². The molecule has 0 aliphatic heterocycles. The molecule has 0 radical (unpaired) electrons. The zero-order valence-electron chi connectivity index (χ0n) is 10.7. The van der Waals surface area contributed by atoms with Crippen LogP contribution < -0.4 is 11.1 Å². The van der Waals surface area contributed by atoms with E-state index in [0.717, 1.165) is 18.0 Å². The van der Waals surface area contributed by atoms with Crippen LogP contribution in [0.2, 0.25) is 0 Å². The third kappa shape index (κ3) is 3.91. The van der Waals surface area contributed by atoms with E-state index in [1.807, 2.05) is 24.3 Å². The Labute approximate surface area is 108 Å². The predicted octanol–water partition coefficient (Wildman–Crippen LogP) is 2.44. The molecule has 0 spiro atoms. The number of nitrogens with one attached hydrogen (secondary N) is 1. The summed E-state index contributed by atoms with van der Waals surface area (Å²) in [6.45, 7) is 2.96. The molecule has 3 nitrogen and oxygen atoms in total. The molecule has 1 aromatic rings. The van der Waals surface area contributed by atoms with Crippen molar-refractivity contribution in [3.8, 4) is 0 Å². The van der Waals surface area contributed by atoms with Gasteiger partial charge in [-0.15, -0.1) is 0 Å². The third-order valence-corrected chi connectivity index (χ3v) is 3.36. The fraction of sp³-hybridized carbons (Fsp3) is 0.400. The maximum atomic E-state index is 11.6. The molecule has 1 aromatic carbocycles. The van der Waals surface area contributed by atoms with Gasteiger partial charge in [-0.05, 0) is 48.4 Å². The van der Waals surface area contributed by atoms with Gasteiger partial charge in [0.05, 0.1) is 0 Å². The highest BCUT2D eigenvalue weighted by Crippen LogP contribution is 2.35. The second kappa shape index (κ2) is 5.71. The smallest absolute Gasteiger partial charge is 0.244 e. The fourth-order valence-electron chi connectivity index (χ4n) is 1.99. The van der Waals surface area contributed by atoms with E-state index < -0.39 is 0 Å². The Bertz CT molecular complexity index is 450. The Hall–Kier alpha value is -1.77. The molecule has 96 valence electrons. The Morgan fingerprint density at radius 2 is 2.33 bits per heavy atom. The molecule has 1 aliphatic rings. The minimum atomic E-state index is -0.0371. The minimum Gasteiger partial charge on any atom is -0.399 e. The van der Waals surface area contributed by atoms with Gasteiger partial charge < -0.3 is 11.1 Å². The summed E-state index contributed by atoms with van der Waals surface area (Å²) < 4.78 is 0. The van der Waals surface area contributed by atoms with Crippen LogP contribution in [0.5, 0.6) is 0 Å². The van der Waals surface area contributed by atoms with Gasteiger partial charge in [0.1, 0.15) is 0 Å². The largest absolute Gasteiger partial charge is 0.399 e. The summed E-state index contributed by atoms with van der Waals surface area (Å²) in [7, 11) is 0. The standard InChI is InChI=1S/C15H20N2O/c1-11(13-6-7-13)10-17-15(18)8-5-12-3-2-4-14(16)9-12/h2-5,8-9,11,13H,6-7,10,16H2,1H3,(H,17,18)/b8-5+.